The SMILES string of the molecule is CC1=CCC(C(C)(C)C2=CC[C@@H](C)C=C2)C=C1. The van der Waals surface area contributed by atoms with Crippen molar-refractivity contribution in [1.82, 2.24) is 0 Å². The lowest BCUT2D eigenvalue weighted by Gasteiger charge is -2.36. The molecule has 0 aromatic heterocycles. The molecule has 0 saturated heterocycles. The molecule has 0 aromatic carbocycles. The van der Waals surface area contributed by atoms with E-state index in [2.05, 4.69) is 64.2 Å². The second kappa shape index (κ2) is 4.68. The fourth-order valence-corrected chi connectivity index (χ4v) is 2.68. The van der Waals surface area contributed by atoms with E-state index in [1.807, 2.05) is 0 Å². The zero-order valence-corrected chi connectivity index (χ0v) is 11.5. The number of allylic oxidation sites excluding steroid dienone is 8. The maximum atomic E-state index is 2.43. The molecule has 2 aliphatic carbocycles. The van der Waals surface area contributed by atoms with Crippen LogP contribution in [0.1, 0.15) is 40.5 Å². The summed E-state index contributed by atoms with van der Waals surface area (Å²) in [5.74, 6) is 1.34. The molecule has 0 fully saturated rings. The second-order valence-electron chi connectivity index (χ2n) is 6.10. The van der Waals surface area contributed by atoms with Gasteiger partial charge in [0.2, 0.25) is 0 Å². The van der Waals surface area contributed by atoms with Gasteiger partial charge in [-0.15, -0.1) is 0 Å². The van der Waals surface area contributed by atoms with Gasteiger partial charge in [-0.2, -0.15) is 0 Å². The molecule has 0 heterocycles. The predicted molar refractivity (Wildman–Crippen MR) is 75.8 cm³/mol. The third-order valence-electron chi connectivity index (χ3n) is 4.27. The highest BCUT2D eigenvalue weighted by atomic mass is 14.3. The van der Waals surface area contributed by atoms with Crippen LogP contribution in [0.15, 0.2) is 47.6 Å². The summed E-state index contributed by atoms with van der Waals surface area (Å²) < 4.78 is 0. The first-order valence-electron chi connectivity index (χ1n) is 6.74. The molecule has 0 aliphatic heterocycles. The summed E-state index contributed by atoms with van der Waals surface area (Å²) in [7, 11) is 0. The molecular formula is C17H24. The van der Waals surface area contributed by atoms with Gasteiger partial charge in [0.1, 0.15) is 0 Å². The van der Waals surface area contributed by atoms with Crippen LogP contribution in [-0.2, 0) is 0 Å². The molecule has 0 bridgehead atoms. The topological polar surface area (TPSA) is 0 Å². The largest absolute Gasteiger partial charge is 0.0811 e. The van der Waals surface area contributed by atoms with Gasteiger partial charge in [-0.25, -0.2) is 0 Å². The van der Waals surface area contributed by atoms with E-state index < -0.39 is 0 Å². The Hall–Kier alpha value is -1.04. The first kappa shape index (κ1) is 12.4. The third-order valence-corrected chi connectivity index (χ3v) is 4.27. The fraction of sp³-hybridized carbons (Fsp3) is 0.529. The molecule has 0 heteroatoms. The van der Waals surface area contributed by atoms with Crippen LogP contribution in [0.2, 0.25) is 0 Å². The summed E-state index contributed by atoms with van der Waals surface area (Å²) in [4.78, 5) is 0. The van der Waals surface area contributed by atoms with Crippen molar-refractivity contribution in [2.45, 2.75) is 40.5 Å². The molecule has 1 unspecified atom stereocenters. The zero-order chi connectivity index (χ0) is 12.5. The lowest BCUT2D eigenvalue weighted by molar-refractivity contribution is 0.324. The number of rotatable bonds is 2. The minimum atomic E-state index is 0.254. The van der Waals surface area contributed by atoms with Crippen LogP contribution in [0.3, 0.4) is 0 Å². The van der Waals surface area contributed by atoms with Gasteiger partial charge in [0.15, 0.2) is 0 Å². The smallest absolute Gasteiger partial charge is 0.00410 e. The Morgan fingerprint density at radius 3 is 2.35 bits per heavy atom. The summed E-state index contributed by atoms with van der Waals surface area (Å²) in [5, 5.41) is 0. The van der Waals surface area contributed by atoms with Gasteiger partial charge in [0.05, 0.1) is 0 Å². The van der Waals surface area contributed by atoms with Crippen LogP contribution in [0.5, 0.6) is 0 Å². The summed E-state index contributed by atoms with van der Waals surface area (Å²) >= 11 is 0. The Balaban J connectivity index is 2.15. The molecule has 0 saturated carbocycles. The fourth-order valence-electron chi connectivity index (χ4n) is 2.68. The van der Waals surface area contributed by atoms with Gasteiger partial charge >= 0.3 is 0 Å². The maximum Gasteiger partial charge on any atom is -0.00410 e. The summed E-state index contributed by atoms with van der Waals surface area (Å²) in [6, 6.07) is 0. The molecule has 0 aromatic rings. The highest BCUT2D eigenvalue weighted by molar-refractivity contribution is 5.33. The number of hydrogen-bond acceptors (Lipinski definition) is 0. The Bertz CT molecular complexity index is 402. The minimum Gasteiger partial charge on any atom is -0.0811 e. The molecule has 0 radical (unpaired) electrons. The summed E-state index contributed by atoms with van der Waals surface area (Å²) in [5.41, 5.74) is 3.17. The van der Waals surface area contributed by atoms with E-state index >= 15 is 0 Å². The van der Waals surface area contributed by atoms with E-state index in [9.17, 15) is 0 Å². The van der Waals surface area contributed by atoms with Crippen molar-refractivity contribution in [3.8, 4) is 0 Å². The van der Waals surface area contributed by atoms with E-state index in [0.717, 1.165) is 0 Å². The predicted octanol–water partition coefficient (Wildman–Crippen LogP) is 5.06. The Morgan fingerprint density at radius 2 is 1.82 bits per heavy atom. The van der Waals surface area contributed by atoms with Gasteiger partial charge in [0, 0.05) is 0 Å². The van der Waals surface area contributed by atoms with Gasteiger partial charge in [0.25, 0.3) is 0 Å². The van der Waals surface area contributed by atoms with E-state index in [-0.39, 0.29) is 5.41 Å². The van der Waals surface area contributed by atoms with Crippen LogP contribution in [0, 0.1) is 17.3 Å². The van der Waals surface area contributed by atoms with Crippen LogP contribution >= 0.6 is 0 Å². The maximum absolute atomic E-state index is 2.43. The first-order valence-corrected chi connectivity index (χ1v) is 6.74. The van der Waals surface area contributed by atoms with Crippen LogP contribution in [0.4, 0.5) is 0 Å². The molecule has 0 nitrogen and oxygen atoms in total. The highest BCUT2D eigenvalue weighted by Crippen LogP contribution is 2.42. The number of hydrogen-bond donors (Lipinski definition) is 0. The third kappa shape index (κ3) is 2.62. The van der Waals surface area contributed by atoms with Gasteiger partial charge in [-0.1, -0.05) is 62.8 Å². The van der Waals surface area contributed by atoms with Crippen molar-refractivity contribution in [3.63, 3.8) is 0 Å². The quantitative estimate of drug-likeness (QED) is 0.620. The van der Waals surface area contributed by atoms with E-state index in [1.165, 1.54) is 24.0 Å². The van der Waals surface area contributed by atoms with Gasteiger partial charge in [-0.3, -0.25) is 0 Å². The molecule has 2 atom stereocenters. The lowest BCUT2D eigenvalue weighted by Crippen LogP contribution is -2.26. The Morgan fingerprint density at radius 1 is 1.06 bits per heavy atom. The second-order valence-corrected chi connectivity index (χ2v) is 6.10. The molecule has 0 spiro atoms. The zero-order valence-electron chi connectivity index (χ0n) is 11.5. The molecule has 2 rings (SSSR count). The molecule has 0 amide bonds. The van der Waals surface area contributed by atoms with Crippen LogP contribution < -0.4 is 0 Å². The van der Waals surface area contributed by atoms with Crippen LogP contribution in [-0.4, -0.2) is 0 Å². The molecule has 92 valence electrons. The van der Waals surface area contributed by atoms with Crippen molar-refractivity contribution in [3.05, 3.63) is 47.6 Å². The summed E-state index contributed by atoms with van der Waals surface area (Å²) in [6.45, 7) is 9.22. The molecular weight excluding hydrogens is 204 g/mol. The van der Waals surface area contributed by atoms with Crippen molar-refractivity contribution in [1.29, 1.82) is 0 Å². The van der Waals surface area contributed by atoms with E-state index in [4.69, 9.17) is 0 Å². The van der Waals surface area contributed by atoms with Gasteiger partial charge < -0.3 is 0 Å². The molecule has 2 aliphatic rings. The minimum absolute atomic E-state index is 0.254. The Labute approximate surface area is 106 Å². The lowest BCUT2D eigenvalue weighted by atomic mass is 9.68. The standard InChI is InChI=1S/C17H24/c1-13-5-9-15(10-6-13)17(3,4)16-11-7-14(2)8-12-16/h5-7,9,11-12,14-15H,8,10H2,1-4H3/t14-,15?/m0/s1. The van der Waals surface area contributed by atoms with Crippen molar-refractivity contribution in [2.75, 3.05) is 0 Å². The molecule has 17 heavy (non-hydrogen) atoms. The van der Waals surface area contributed by atoms with Gasteiger partial charge in [-0.05, 0) is 42.6 Å². The van der Waals surface area contributed by atoms with E-state index in [1.54, 1.807) is 0 Å². The average molecular weight is 228 g/mol. The van der Waals surface area contributed by atoms with E-state index in [0.29, 0.717) is 11.8 Å². The highest BCUT2D eigenvalue weighted by Gasteiger charge is 2.31. The molecule has 0 N–H and O–H groups in total. The van der Waals surface area contributed by atoms with Crippen molar-refractivity contribution < 1.29 is 0 Å². The monoisotopic (exact) mass is 228 g/mol. The average Bonchev–Trinajstić information content (AvgIpc) is 2.30. The first-order chi connectivity index (χ1) is 8.00. The summed E-state index contributed by atoms with van der Waals surface area (Å²) in [6.07, 6.45) is 16.5. The van der Waals surface area contributed by atoms with Crippen LogP contribution in [0.25, 0.3) is 0 Å². The Kier molecular flexibility index (Phi) is 3.42. The normalized spacial score (nSPS) is 28.9. The van der Waals surface area contributed by atoms with Crippen molar-refractivity contribution in [2.24, 2.45) is 17.3 Å². The van der Waals surface area contributed by atoms with Crippen molar-refractivity contribution >= 4 is 0 Å².